The number of carbonyl (C=O) groups is 2. The summed E-state index contributed by atoms with van der Waals surface area (Å²) < 4.78 is 1.22. The van der Waals surface area contributed by atoms with Crippen molar-refractivity contribution in [3.63, 3.8) is 0 Å². The molecule has 0 fully saturated rings. The zero-order valence-corrected chi connectivity index (χ0v) is 14.1. The van der Waals surface area contributed by atoms with Gasteiger partial charge < -0.3 is 0 Å². The molecule has 0 spiro atoms. The largest absolute Gasteiger partial charge is 0.295 e. The van der Waals surface area contributed by atoms with Crippen LogP contribution in [0.1, 0.15) is 26.3 Å². The van der Waals surface area contributed by atoms with E-state index in [1.165, 1.54) is 29.5 Å². The number of nitrogens with zero attached hydrogens (tertiary/aromatic N) is 4. The summed E-state index contributed by atoms with van der Waals surface area (Å²) >= 11 is 0. The molecule has 3 aromatic rings. The summed E-state index contributed by atoms with van der Waals surface area (Å²) in [5.41, 5.74) is 5.72. The highest BCUT2D eigenvalue weighted by Gasteiger charge is 2.19. The van der Waals surface area contributed by atoms with E-state index in [1.807, 2.05) is 6.92 Å². The first-order valence-electron chi connectivity index (χ1n) is 7.76. The van der Waals surface area contributed by atoms with Gasteiger partial charge in [-0.1, -0.05) is 17.7 Å². The van der Waals surface area contributed by atoms with Crippen LogP contribution in [0.15, 0.2) is 55.1 Å². The number of aryl methyl sites for hydroxylation is 1. The van der Waals surface area contributed by atoms with Gasteiger partial charge in [0.25, 0.3) is 17.5 Å². The van der Waals surface area contributed by atoms with Gasteiger partial charge in [-0.2, -0.15) is 5.10 Å². The van der Waals surface area contributed by atoms with Crippen LogP contribution in [0, 0.1) is 17.0 Å². The monoisotopic (exact) mass is 366 g/mol. The van der Waals surface area contributed by atoms with Crippen LogP contribution in [0.5, 0.6) is 0 Å². The first-order valence-corrected chi connectivity index (χ1v) is 7.76. The lowest BCUT2D eigenvalue weighted by molar-refractivity contribution is -0.384. The molecular formula is C17H14N6O4. The molecule has 2 amide bonds. The molecule has 136 valence electrons. The fourth-order valence-electron chi connectivity index (χ4n) is 2.30. The van der Waals surface area contributed by atoms with E-state index in [2.05, 4.69) is 20.9 Å². The van der Waals surface area contributed by atoms with Crippen molar-refractivity contribution in [1.29, 1.82) is 0 Å². The topological polar surface area (TPSA) is 132 Å². The van der Waals surface area contributed by atoms with Crippen LogP contribution in [0.2, 0.25) is 0 Å². The van der Waals surface area contributed by atoms with Gasteiger partial charge in [0.2, 0.25) is 0 Å². The second-order valence-corrected chi connectivity index (χ2v) is 5.57. The Morgan fingerprint density at radius 2 is 1.67 bits per heavy atom. The lowest BCUT2D eigenvalue weighted by atomic mass is 10.1. The Balaban J connectivity index is 1.75. The average molecular weight is 366 g/mol. The van der Waals surface area contributed by atoms with E-state index >= 15 is 0 Å². The number of amides is 2. The maximum absolute atomic E-state index is 12.2. The molecule has 2 N–H and O–H groups in total. The van der Waals surface area contributed by atoms with Crippen molar-refractivity contribution < 1.29 is 14.5 Å². The Labute approximate surface area is 153 Å². The number of hydrogen-bond donors (Lipinski definition) is 2. The highest BCUT2D eigenvalue weighted by Crippen LogP contribution is 2.23. The summed E-state index contributed by atoms with van der Waals surface area (Å²) in [6, 6.07) is 10.6. The van der Waals surface area contributed by atoms with Crippen molar-refractivity contribution in [3.8, 4) is 5.69 Å². The molecule has 0 unspecified atom stereocenters. The van der Waals surface area contributed by atoms with Crippen LogP contribution >= 0.6 is 0 Å². The molecular weight excluding hydrogens is 352 g/mol. The molecule has 0 saturated carbocycles. The van der Waals surface area contributed by atoms with Crippen molar-refractivity contribution in [3.05, 3.63) is 81.9 Å². The molecule has 0 aliphatic carbocycles. The van der Waals surface area contributed by atoms with Gasteiger partial charge in [-0.15, -0.1) is 0 Å². The van der Waals surface area contributed by atoms with Crippen LogP contribution in [-0.4, -0.2) is 31.5 Å². The summed E-state index contributed by atoms with van der Waals surface area (Å²) in [6.07, 6.45) is 2.55. The maximum Gasteiger partial charge on any atom is 0.295 e. The van der Waals surface area contributed by atoms with Crippen LogP contribution in [0.4, 0.5) is 5.69 Å². The summed E-state index contributed by atoms with van der Waals surface area (Å²) in [7, 11) is 0. The molecule has 3 rings (SSSR count). The number of nitro groups is 1. The van der Waals surface area contributed by atoms with E-state index in [9.17, 15) is 19.7 Å². The molecule has 1 heterocycles. The first-order chi connectivity index (χ1) is 13.0. The SMILES string of the molecule is Cc1ccc(C(=O)NNC(=O)c2ccc(-n3cncn3)c([N+](=O)[O-])c2)cc1. The Bertz CT molecular complexity index is 999. The molecule has 10 heteroatoms. The van der Waals surface area contributed by atoms with Gasteiger partial charge in [0.15, 0.2) is 0 Å². The molecule has 0 atom stereocenters. The van der Waals surface area contributed by atoms with Crippen LogP contribution in [-0.2, 0) is 0 Å². The zero-order valence-electron chi connectivity index (χ0n) is 14.1. The number of carbonyl (C=O) groups excluding carboxylic acids is 2. The molecule has 2 aromatic carbocycles. The quantitative estimate of drug-likeness (QED) is 0.532. The fraction of sp³-hybridized carbons (Fsp3) is 0.0588. The predicted octanol–water partition coefficient (Wildman–Crippen LogP) is 1.56. The number of hydrogen-bond acceptors (Lipinski definition) is 6. The Morgan fingerprint density at radius 3 is 2.26 bits per heavy atom. The normalized spacial score (nSPS) is 10.3. The lowest BCUT2D eigenvalue weighted by Crippen LogP contribution is -2.41. The molecule has 0 bridgehead atoms. The average Bonchev–Trinajstić information content (AvgIpc) is 3.20. The minimum Gasteiger partial charge on any atom is -0.267 e. The third-order valence-corrected chi connectivity index (χ3v) is 3.70. The van der Waals surface area contributed by atoms with E-state index in [0.717, 1.165) is 11.6 Å². The summed E-state index contributed by atoms with van der Waals surface area (Å²) in [4.78, 5) is 38.7. The van der Waals surface area contributed by atoms with E-state index < -0.39 is 16.7 Å². The highest BCUT2D eigenvalue weighted by atomic mass is 16.6. The predicted molar refractivity (Wildman–Crippen MR) is 94.1 cm³/mol. The van der Waals surface area contributed by atoms with Crippen molar-refractivity contribution in [2.24, 2.45) is 0 Å². The molecule has 0 aliphatic heterocycles. The van der Waals surface area contributed by atoms with Crippen LogP contribution in [0.25, 0.3) is 5.69 Å². The van der Waals surface area contributed by atoms with Gasteiger partial charge in [0.05, 0.1) is 4.92 Å². The number of nitrogens with one attached hydrogen (secondary N) is 2. The number of aromatic nitrogens is 3. The summed E-state index contributed by atoms with van der Waals surface area (Å²) in [6.45, 7) is 1.89. The smallest absolute Gasteiger partial charge is 0.267 e. The minimum absolute atomic E-state index is 0.00905. The van der Waals surface area contributed by atoms with Crippen molar-refractivity contribution in [2.75, 3.05) is 0 Å². The van der Waals surface area contributed by atoms with Crippen molar-refractivity contribution >= 4 is 17.5 Å². The Hall–Kier alpha value is -4.08. The highest BCUT2D eigenvalue weighted by molar-refractivity contribution is 5.99. The van der Waals surface area contributed by atoms with Gasteiger partial charge in [-0.05, 0) is 31.2 Å². The second-order valence-electron chi connectivity index (χ2n) is 5.57. The number of nitro benzene ring substituents is 1. The molecule has 0 aliphatic rings. The van der Waals surface area contributed by atoms with Crippen LogP contribution < -0.4 is 10.9 Å². The van der Waals surface area contributed by atoms with Gasteiger partial charge >= 0.3 is 0 Å². The standard InChI is InChI=1S/C17H14N6O4/c1-11-2-4-12(5-3-11)16(24)20-21-17(25)13-6-7-14(15(8-13)23(26)27)22-10-18-9-19-22/h2-10H,1H3,(H,20,24)(H,21,25). The third kappa shape index (κ3) is 3.95. The van der Waals surface area contributed by atoms with Crippen LogP contribution in [0.3, 0.4) is 0 Å². The lowest BCUT2D eigenvalue weighted by Gasteiger charge is -2.09. The first kappa shape index (κ1) is 17.7. The zero-order chi connectivity index (χ0) is 19.4. The number of rotatable bonds is 4. The summed E-state index contributed by atoms with van der Waals surface area (Å²) in [5.74, 6) is -1.19. The fourth-order valence-corrected chi connectivity index (χ4v) is 2.30. The van der Waals surface area contributed by atoms with E-state index in [4.69, 9.17) is 0 Å². The van der Waals surface area contributed by atoms with E-state index in [-0.39, 0.29) is 16.9 Å². The third-order valence-electron chi connectivity index (χ3n) is 3.70. The minimum atomic E-state index is -0.691. The van der Waals surface area contributed by atoms with E-state index in [1.54, 1.807) is 24.3 Å². The van der Waals surface area contributed by atoms with Gasteiger partial charge in [0.1, 0.15) is 18.3 Å². The second kappa shape index (κ2) is 7.44. The van der Waals surface area contributed by atoms with E-state index in [0.29, 0.717) is 5.56 Å². The Morgan fingerprint density at radius 1 is 1.04 bits per heavy atom. The number of benzene rings is 2. The summed E-state index contributed by atoms with van der Waals surface area (Å²) in [5, 5.41) is 15.2. The Kier molecular flexibility index (Phi) is 4.88. The van der Waals surface area contributed by atoms with Crippen molar-refractivity contribution in [1.82, 2.24) is 25.6 Å². The maximum atomic E-state index is 12.2. The number of hydrazine groups is 1. The van der Waals surface area contributed by atoms with Crippen molar-refractivity contribution in [2.45, 2.75) is 6.92 Å². The molecule has 1 aromatic heterocycles. The molecule has 0 saturated heterocycles. The van der Waals surface area contributed by atoms with Gasteiger partial charge in [0, 0.05) is 17.2 Å². The van der Waals surface area contributed by atoms with Gasteiger partial charge in [-0.25, -0.2) is 9.67 Å². The molecule has 27 heavy (non-hydrogen) atoms. The van der Waals surface area contributed by atoms with Gasteiger partial charge in [-0.3, -0.25) is 30.6 Å². The molecule has 0 radical (unpaired) electrons. The molecule has 10 nitrogen and oxygen atoms in total.